The van der Waals surface area contributed by atoms with E-state index in [1.165, 1.54) is 33.6 Å². The van der Waals surface area contributed by atoms with Crippen molar-refractivity contribution in [2.45, 2.75) is 19.5 Å². The van der Waals surface area contributed by atoms with E-state index in [1.807, 2.05) is 21.6 Å². The number of nitrogens with one attached hydrogen (secondary N) is 2. The summed E-state index contributed by atoms with van der Waals surface area (Å²) in [5, 5.41) is 6.84. The molecule has 246 valence electrons. The van der Waals surface area contributed by atoms with Crippen molar-refractivity contribution in [3.8, 4) is 0 Å². The van der Waals surface area contributed by atoms with Crippen LogP contribution in [0.3, 0.4) is 0 Å². The Balaban J connectivity index is 0.854. The molecule has 0 aliphatic carbocycles. The van der Waals surface area contributed by atoms with E-state index in [2.05, 4.69) is 153 Å². The summed E-state index contributed by atoms with van der Waals surface area (Å²) in [7, 11) is 3.94. The molecule has 3 aromatic rings. The van der Waals surface area contributed by atoms with Gasteiger partial charge in [-0.2, -0.15) is 0 Å². The Morgan fingerprint density at radius 2 is 1.19 bits per heavy atom. The van der Waals surface area contributed by atoms with E-state index >= 15 is 0 Å². The number of hydrogen-bond donors (Lipinski definition) is 2. The number of nitrogens with zero attached hydrogens (tertiary/aromatic N) is 4. The van der Waals surface area contributed by atoms with Gasteiger partial charge in [0.1, 0.15) is 0 Å². The number of aryl methyl sites for hydroxylation is 1. The number of anilines is 2. The third kappa shape index (κ3) is 10.3. The van der Waals surface area contributed by atoms with Crippen molar-refractivity contribution in [3.63, 3.8) is 0 Å². The average molecular weight is 666 g/mol. The molecule has 0 spiro atoms. The van der Waals surface area contributed by atoms with Gasteiger partial charge in [0.05, 0.1) is 5.75 Å². The van der Waals surface area contributed by atoms with Crippen molar-refractivity contribution >= 4 is 51.2 Å². The fourth-order valence-corrected chi connectivity index (χ4v) is 8.05. The van der Waals surface area contributed by atoms with Crippen LogP contribution in [0.4, 0.5) is 11.4 Å². The molecule has 0 bridgehead atoms. The van der Waals surface area contributed by atoms with Crippen LogP contribution >= 0.6 is 21.6 Å². The Morgan fingerprint density at radius 3 is 1.74 bits per heavy atom. The summed E-state index contributed by atoms with van der Waals surface area (Å²) < 4.78 is 2.28. The number of allylic oxidation sites excluding steroid dienone is 3. The quantitative estimate of drug-likeness (QED) is 0.128. The smallest absolute Gasteiger partial charge is 0.169 e. The Bertz CT molecular complexity index is 1500. The Kier molecular flexibility index (Phi) is 12.6. The summed E-state index contributed by atoms with van der Waals surface area (Å²) >= 11 is 0. The van der Waals surface area contributed by atoms with Crippen molar-refractivity contribution < 1.29 is 4.57 Å². The third-order valence-corrected chi connectivity index (χ3v) is 11.3. The molecule has 3 aliphatic rings. The van der Waals surface area contributed by atoms with Gasteiger partial charge in [-0.15, -0.1) is 0 Å². The average Bonchev–Trinajstić information content (AvgIpc) is 3.13. The van der Waals surface area contributed by atoms with Crippen LogP contribution < -0.4 is 25.0 Å². The van der Waals surface area contributed by atoms with Crippen LogP contribution in [-0.2, 0) is 6.54 Å². The SMILES string of the molecule is CC1C=C(/C=C/c2ccc(N3CCNCC3)cc2)C=CN1CCSSCC[n+]1ccc(/C=C/c2ccc(N3CCNCC3)cc2)cc1. The van der Waals surface area contributed by atoms with E-state index in [-0.39, 0.29) is 0 Å². The van der Waals surface area contributed by atoms with Crippen LogP contribution in [0, 0.1) is 0 Å². The highest BCUT2D eigenvalue weighted by Crippen LogP contribution is 2.23. The maximum Gasteiger partial charge on any atom is 0.169 e. The molecule has 47 heavy (non-hydrogen) atoms. The van der Waals surface area contributed by atoms with Gasteiger partial charge in [-0.05, 0) is 59.5 Å². The Labute approximate surface area is 289 Å². The number of hydrogen-bond acceptors (Lipinski definition) is 7. The van der Waals surface area contributed by atoms with E-state index in [0.29, 0.717) is 6.04 Å². The first-order chi connectivity index (χ1) is 23.2. The molecule has 2 aromatic carbocycles. The topological polar surface area (TPSA) is 37.7 Å². The van der Waals surface area contributed by atoms with E-state index in [9.17, 15) is 0 Å². The number of piperazine rings is 2. The molecular weight excluding hydrogens is 617 g/mol. The summed E-state index contributed by atoms with van der Waals surface area (Å²) in [5.41, 5.74) is 7.62. The summed E-state index contributed by atoms with van der Waals surface area (Å²) in [5.74, 6) is 2.21. The summed E-state index contributed by atoms with van der Waals surface area (Å²) in [6, 6.07) is 22.7. The molecule has 0 radical (unpaired) electrons. The normalized spacial score (nSPS) is 18.8. The van der Waals surface area contributed by atoms with Crippen LogP contribution in [0.15, 0.2) is 103 Å². The highest BCUT2D eigenvalue weighted by molar-refractivity contribution is 8.76. The van der Waals surface area contributed by atoms with Gasteiger partial charge in [0, 0.05) is 100 Å². The molecule has 1 atom stereocenters. The fraction of sp³-hybridized carbons (Fsp3) is 0.359. The number of rotatable bonds is 13. The molecule has 6 rings (SSSR count). The van der Waals surface area contributed by atoms with E-state index in [0.717, 1.165) is 77.0 Å². The van der Waals surface area contributed by atoms with Crippen molar-refractivity contribution in [1.82, 2.24) is 15.5 Å². The third-order valence-electron chi connectivity index (χ3n) is 8.97. The molecule has 2 N–H and O–H groups in total. The first kappa shape index (κ1) is 33.5. The van der Waals surface area contributed by atoms with Crippen molar-refractivity contribution in [3.05, 3.63) is 120 Å². The molecule has 4 heterocycles. The van der Waals surface area contributed by atoms with Gasteiger partial charge in [-0.1, -0.05) is 76.2 Å². The molecule has 1 aromatic heterocycles. The minimum Gasteiger partial charge on any atom is -0.370 e. The standard InChI is InChI=1S/C39H49N6S2/c1-33-32-37(5-4-35-8-12-39(13-9-35)45-26-19-41-20-27-45)16-23-43(33)29-31-47-46-30-28-42-21-14-36(15-22-42)3-2-34-6-10-38(11-7-34)44-24-17-40-18-25-44/h2-16,21-23,32-33,40-41H,17-20,24-31H2,1H3/q+1/b5-4+. The second kappa shape index (κ2) is 17.6. The maximum atomic E-state index is 3.42. The van der Waals surface area contributed by atoms with Gasteiger partial charge < -0.3 is 25.3 Å². The lowest BCUT2D eigenvalue weighted by atomic mass is 10.1. The van der Waals surface area contributed by atoms with Gasteiger partial charge in [-0.25, -0.2) is 4.57 Å². The lowest BCUT2D eigenvalue weighted by molar-refractivity contribution is -0.692. The monoisotopic (exact) mass is 665 g/mol. The predicted molar refractivity (Wildman–Crippen MR) is 206 cm³/mol. The van der Waals surface area contributed by atoms with Gasteiger partial charge in [0.2, 0.25) is 0 Å². The second-order valence-corrected chi connectivity index (χ2v) is 15.0. The Morgan fingerprint density at radius 1 is 0.681 bits per heavy atom. The molecule has 0 saturated carbocycles. The highest BCUT2D eigenvalue weighted by atomic mass is 33.1. The molecule has 2 fully saturated rings. The fourth-order valence-electron chi connectivity index (χ4n) is 6.09. The van der Waals surface area contributed by atoms with Gasteiger partial charge in [0.25, 0.3) is 0 Å². The lowest BCUT2D eigenvalue weighted by Gasteiger charge is -2.29. The van der Waals surface area contributed by atoms with Crippen molar-refractivity contribution in [1.29, 1.82) is 0 Å². The van der Waals surface area contributed by atoms with Crippen molar-refractivity contribution in [2.24, 2.45) is 0 Å². The molecule has 0 amide bonds. The Hall–Kier alpha value is -3.43. The van der Waals surface area contributed by atoms with Crippen LogP contribution in [0.2, 0.25) is 0 Å². The largest absolute Gasteiger partial charge is 0.370 e. The molecule has 8 heteroatoms. The van der Waals surface area contributed by atoms with Gasteiger partial charge in [-0.3, -0.25) is 0 Å². The van der Waals surface area contributed by atoms with Crippen LogP contribution in [-0.4, -0.2) is 81.4 Å². The van der Waals surface area contributed by atoms with Crippen LogP contribution in [0.5, 0.6) is 0 Å². The van der Waals surface area contributed by atoms with Crippen molar-refractivity contribution in [2.75, 3.05) is 80.2 Å². The predicted octanol–water partition coefficient (Wildman–Crippen LogP) is 6.20. The number of pyridine rings is 1. The molecule has 3 aliphatic heterocycles. The van der Waals surface area contributed by atoms with E-state index in [4.69, 9.17) is 0 Å². The number of benzene rings is 2. The summed E-state index contributed by atoms with van der Waals surface area (Å²) in [6.45, 7) is 13.0. The van der Waals surface area contributed by atoms with E-state index in [1.54, 1.807) is 0 Å². The minimum absolute atomic E-state index is 0.403. The summed E-state index contributed by atoms with van der Waals surface area (Å²) in [4.78, 5) is 7.34. The number of aromatic nitrogens is 1. The lowest BCUT2D eigenvalue weighted by Crippen LogP contribution is -2.43. The molecule has 2 saturated heterocycles. The zero-order valence-corrected chi connectivity index (χ0v) is 29.3. The molecule has 1 unspecified atom stereocenters. The van der Waals surface area contributed by atoms with Crippen LogP contribution in [0.25, 0.3) is 18.2 Å². The zero-order valence-electron chi connectivity index (χ0n) is 27.6. The highest BCUT2D eigenvalue weighted by Gasteiger charge is 2.13. The van der Waals surface area contributed by atoms with Crippen LogP contribution in [0.1, 0.15) is 23.6 Å². The minimum atomic E-state index is 0.403. The first-order valence-corrected chi connectivity index (χ1v) is 19.6. The van der Waals surface area contributed by atoms with Gasteiger partial charge >= 0.3 is 0 Å². The van der Waals surface area contributed by atoms with E-state index < -0.39 is 0 Å². The maximum absolute atomic E-state index is 3.42. The second-order valence-electron chi connectivity index (χ2n) is 12.3. The zero-order chi connectivity index (χ0) is 32.1. The summed E-state index contributed by atoms with van der Waals surface area (Å²) in [6.07, 6.45) is 20.1. The first-order valence-electron chi connectivity index (χ1n) is 17.1. The molecular formula is C39H49N6S2+. The van der Waals surface area contributed by atoms with Gasteiger partial charge in [0.15, 0.2) is 18.9 Å². The molecule has 6 nitrogen and oxygen atoms in total.